The molecule has 2 aromatic rings. The van der Waals surface area contributed by atoms with Crippen molar-refractivity contribution in [1.29, 1.82) is 0 Å². The van der Waals surface area contributed by atoms with Gasteiger partial charge < -0.3 is 0 Å². The van der Waals surface area contributed by atoms with Gasteiger partial charge in [-0.2, -0.15) is 5.10 Å². The summed E-state index contributed by atoms with van der Waals surface area (Å²) in [6.45, 7) is 3.99. The second-order valence-electron chi connectivity index (χ2n) is 3.97. The second-order valence-corrected chi connectivity index (χ2v) is 5.14. The number of carbonyl (C=O) groups is 1. The topological polar surface area (TPSA) is 54.4 Å². The Labute approximate surface area is 116 Å². The number of thiophene rings is 1. The van der Waals surface area contributed by atoms with Gasteiger partial charge in [0, 0.05) is 11.1 Å². The second kappa shape index (κ2) is 6.24. The number of hydrazone groups is 1. The zero-order chi connectivity index (χ0) is 13.7. The van der Waals surface area contributed by atoms with Crippen molar-refractivity contribution in [2.75, 3.05) is 0 Å². The normalized spacial score (nSPS) is 11.4. The van der Waals surface area contributed by atoms with Crippen LogP contribution in [0.2, 0.25) is 0 Å². The van der Waals surface area contributed by atoms with Crippen LogP contribution in [-0.2, 0) is 6.42 Å². The minimum atomic E-state index is -0.299. The van der Waals surface area contributed by atoms with Gasteiger partial charge in [0.05, 0.1) is 10.6 Å². The summed E-state index contributed by atoms with van der Waals surface area (Å²) in [6, 6.07) is 9.30. The third kappa shape index (κ3) is 3.48. The standard InChI is InChI=1S/C14H15N3OS/c1-3-11-7-8-13(19-11)10(2)16-17-14(18)12-6-4-5-9-15-12/h4-9H,3H2,1-2H3,(H,17,18). The fraction of sp³-hybridized carbons (Fsp3) is 0.214. The highest BCUT2D eigenvalue weighted by atomic mass is 32.1. The third-order valence-corrected chi connectivity index (χ3v) is 3.93. The predicted molar refractivity (Wildman–Crippen MR) is 77.6 cm³/mol. The number of aryl methyl sites for hydroxylation is 1. The molecule has 19 heavy (non-hydrogen) atoms. The van der Waals surface area contributed by atoms with Crippen LogP contribution in [0, 0.1) is 0 Å². The molecule has 98 valence electrons. The highest BCUT2D eigenvalue weighted by Crippen LogP contribution is 2.17. The quantitative estimate of drug-likeness (QED) is 0.688. The molecule has 0 radical (unpaired) electrons. The number of hydrogen-bond acceptors (Lipinski definition) is 4. The lowest BCUT2D eigenvalue weighted by molar-refractivity contribution is 0.0950. The first kappa shape index (κ1) is 13.4. The fourth-order valence-electron chi connectivity index (χ4n) is 1.51. The van der Waals surface area contributed by atoms with Crippen LogP contribution in [0.4, 0.5) is 0 Å². The van der Waals surface area contributed by atoms with Crippen molar-refractivity contribution < 1.29 is 4.79 Å². The Hall–Kier alpha value is -2.01. The van der Waals surface area contributed by atoms with E-state index in [-0.39, 0.29) is 5.91 Å². The zero-order valence-corrected chi connectivity index (χ0v) is 11.7. The average Bonchev–Trinajstić information content (AvgIpc) is 2.94. The van der Waals surface area contributed by atoms with Crippen LogP contribution in [0.25, 0.3) is 0 Å². The first-order valence-corrected chi connectivity index (χ1v) is 6.87. The molecule has 0 saturated heterocycles. The minimum Gasteiger partial charge on any atom is -0.266 e. The Morgan fingerprint density at radius 3 is 2.84 bits per heavy atom. The number of nitrogens with one attached hydrogen (secondary N) is 1. The number of nitrogens with zero attached hydrogens (tertiary/aromatic N) is 2. The summed E-state index contributed by atoms with van der Waals surface area (Å²) >= 11 is 1.69. The van der Waals surface area contributed by atoms with Gasteiger partial charge in [0.25, 0.3) is 5.91 Å². The smallest absolute Gasteiger partial charge is 0.266 e. The van der Waals surface area contributed by atoms with Crippen LogP contribution >= 0.6 is 11.3 Å². The molecule has 0 aliphatic carbocycles. The molecule has 1 amide bonds. The minimum absolute atomic E-state index is 0.299. The Bertz CT molecular complexity index is 590. The Balaban J connectivity index is 2.04. The molecule has 0 atom stereocenters. The summed E-state index contributed by atoms with van der Waals surface area (Å²) in [5.41, 5.74) is 3.68. The van der Waals surface area contributed by atoms with E-state index >= 15 is 0 Å². The molecule has 0 aliphatic heterocycles. The molecule has 2 rings (SSSR count). The molecule has 0 aromatic carbocycles. The molecule has 0 saturated carbocycles. The Kier molecular flexibility index (Phi) is 4.41. The van der Waals surface area contributed by atoms with Gasteiger partial charge in [-0.25, -0.2) is 5.43 Å². The van der Waals surface area contributed by atoms with Crippen molar-refractivity contribution >= 4 is 23.0 Å². The van der Waals surface area contributed by atoms with E-state index in [2.05, 4.69) is 28.5 Å². The summed E-state index contributed by atoms with van der Waals surface area (Å²) in [5, 5.41) is 4.11. The molecule has 0 fully saturated rings. The van der Waals surface area contributed by atoms with E-state index in [9.17, 15) is 4.79 Å². The van der Waals surface area contributed by atoms with Crippen molar-refractivity contribution in [3.8, 4) is 0 Å². The van der Waals surface area contributed by atoms with Gasteiger partial charge in [0.2, 0.25) is 0 Å². The highest BCUT2D eigenvalue weighted by Gasteiger charge is 2.06. The molecule has 0 bridgehead atoms. The summed E-state index contributed by atoms with van der Waals surface area (Å²) in [5.74, 6) is -0.299. The average molecular weight is 273 g/mol. The van der Waals surface area contributed by atoms with E-state index in [0.717, 1.165) is 17.0 Å². The molecule has 2 aromatic heterocycles. The number of aromatic nitrogens is 1. The number of carbonyl (C=O) groups excluding carboxylic acids is 1. The lowest BCUT2D eigenvalue weighted by Crippen LogP contribution is -2.20. The number of rotatable bonds is 4. The van der Waals surface area contributed by atoms with E-state index in [1.165, 1.54) is 4.88 Å². The fourth-order valence-corrected chi connectivity index (χ4v) is 2.40. The van der Waals surface area contributed by atoms with Crippen LogP contribution in [-0.4, -0.2) is 16.6 Å². The van der Waals surface area contributed by atoms with Crippen molar-refractivity contribution in [3.63, 3.8) is 0 Å². The molecule has 5 heteroatoms. The van der Waals surface area contributed by atoms with E-state index in [4.69, 9.17) is 0 Å². The van der Waals surface area contributed by atoms with E-state index in [0.29, 0.717) is 5.69 Å². The molecule has 0 aliphatic rings. The molecular weight excluding hydrogens is 258 g/mol. The summed E-state index contributed by atoms with van der Waals surface area (Å²) in [7, 11) is 0. The first-order chi connectivity index (χ1) is 9.20. The molecule has 1 N–H and O–H groups in total. The SMILES string of the molecule is CCc1ccc(C(C)=NNC(=O)c2ccccn2)s1. The van der Waals surface area contributed by atoms with Crippen molar-refractivity contribution in [3.05, 3.63) is 52.0 Å². The maximum Gasteiger partial charge on any atom is 0.289 e. The Morgan fingerprint density at radius 2 is 2.21 bits per heavy atom. The van der Waals surface area contributed by atoms with Crippen LogP contribution in [0.5, 0.6) is 0 Å². The molecule has 0 spiro atoms. The van der Waals surface area contributed by atoms with Gasteiger partial charge in [-0.05, 0) is 37.6 Å². The van der Waals surface area contributed by atoms with Crippen molar-refractivity contribution in [2.45, 2.75) is 20.3 Å². The lowest BCUT2D eigenvalue weighted by atomic mass is 10.3. The van der Waals surface area contributed by atoms with Crippen molar-refractivity contribution in [1.82, 2.24) is 10.4 Å². The monoisotopic (exact) mass is 273 g/mol. The number of amides is 1. The predicted octanol–water partition coefficient (Wildman–Crippen LogP) is 2.86. The number of hydrogen-bond donors (Lipinski definition) is 1. The molecule has 4 nitrogen and oxygen atoms in total. The van der Waals surface area contributed by atoms with Crippen LogP contribution < -0.4 is 5.43 Å². The van der Waals surface area contributed by atoms with Gasteiger partial charge in [0.1, 0.15) is 5.69 Å². The zero-order valence-electron chi connectivity index (χ0n) is 10.9. The Morgan fingerprint density at radius 1 is 1.37 bits per heavy atom. The summed E-state index contributed by atoms with van der Waals surface area (Å²) in [6.07, 6.45) is 2.59. The maximum absolute atomic E-state index is 11.8. The largest absolute Gasteiger partial charge is 0.289 e. The summed E-state index contributed by atoms with van der Waals surface area (Å²) in [4.78, 5) is 18.1. The van der Waals surface area contributed by atoms with Crippen molar-refractivity contribution in [2.24, 2.45) is 5.10 Å². The third-order valence-electron chi connectivity index (χ3n) is 2.59. The van der Waals surface area contributed by atoms with E-state index < -0.39 is 0 Å². The van der Waals surface area contributed by atoms with Crippen LogP contribution in [0.15, 0.2) is 41.6 Å². The first-order valence-electron chi connectivity index (χ1n) is 6.05. The van der Waals surface area contributed by atoms with Gasteiger partial charge >= 0.3 is 0 Å². The van der Waals surface area contributed by atoms with Gasteiger partial charge in [0.15, 0.2) is 0 Å². The van der Waals surface area contributed by atoms with Crippen LogP contribution in [0.3, 0.4) is 0 Å². The number of pyridine rings is 1. The van der Waals surface area contributed by atoms with E-state index in [1.54, 1.807) is 35.7 Å². The molecule has 0 unspecified atom stereocenters. The lowest BCUT2D eigenvalue weighted by Gasteiger charge is -2.00. The molecular formula is C14H15N3OS. The molecule has 2 heterocycles. The van der Waals surface area contributed by atoms with Crippen LogP contribution in [0.1, 0.15) is 34.1 Å². The van der Waals surface area contributed by atoms with E-state index in [1.807, 2.05) is 13.0 Å². The van der Waals surface area contributed by atoms with Gasteiger partial charge in [-0.15, -0.1) is 11.3 Å². The highest BCUT2D eigenvalue weighted by molar-refractivity contribution is 7.14. The summed E-state index contributed by atoms with van der Waals surface area (Å²) < 4.78 is 0. The van der Waals surface area contributed by atoms with Gasteiger partial charge in [-0.3, -0.25) is 9.78 Å². The maximum atomic E-state index is 11.8. The van der Waals surface area contributed by atoms with Gasteiger partial charge in [-0.1, -0.05) is 13.0 Å².